The van der Waals surface area contributed by atoms with E-state index in [0.717, 1.165) is 0 Å². The number of carbonyl (C=O) groups is 1. The molecule has 1 rings (SSSR count). The maximum atomic E-state index is 12.2. The third-order valence-electron chi connectivity index (χ3n) is 2.50. The SMILES string of the molecule is CC(NS(=O)(=O)c1cccc(C#N)c1)C(=O)NC(C)(C)C. The predicted octanol–water partition coefficient (Wildman–Crippen LogP) is 1.14. The van der Waals surface area contributed by atoms with Gasteiger partial charge in [0.15, 0.2) is 0 Å². The maximum Gasteiger partial charge on any atom is 0.241 e. The second-order valence-electron chi connectivity index (χ2n) is 5.72. The van der Waals surface area contributed by atoms with E-state index in [9.17, 15) is 13.2 Å². The van der Waals surface area contributed by atoms with Crippen LogP contribution in [0.5, 0.6) is 0 Å². The lowest BCUT2D eigenvalue weighted by molar-refractivity contribution is -0.123. The molecule has 0 aliphatic rings. The Balaban J connectivity index is 2.90. The third kappa shape index (κ3) is 5.17. The van der Waals surface area contributed by atoms with Crippen LogP contribution in [-0.2, 0) is 14.8 Å². The number of benzene rings is 1. The highest BCUT2D eigenvalue weighted by molar-refractivity contribution is 7.89. The molecule has 0 saturated carbocycles. The number of hydrogen-bond donors (Lipinski definition) is 2. The van der Waals surface area contributed by atoms with E-state index in [-0.39, 0.29) is 10.5 Å². The number of amides is 1. The fourth-order valence-electron chi connectivity index (χ4n) is 1.56. The molecule has 1 atom stereocenters. The maximum absolute atomic E-state index is 12.2. The first-order valence-corrected chi connectivity index (χ1v) is 7.88. The van der Waals surface area contributed by atoms with Crippen LogP contribution in [0.2, 0.25) is 0 Å². The van der Waals surface area contributed by atoms with Gasteiger partial charge < -0.3 is 5.32 Å². The van der Waals surface area contributed by atoms with Crippen molar-refractivity contribution in [1.29, 1.82) is 5.26 Å². The molecule has 2 N–H and O–H groups in total. The fourth-order valence-corrected chi connectivity index (χ4v) is 2.81. The number of nitriles is 1. The molecule has 7 heteroatoms. The molecular weight excluding hydrogens is 290 g/mol. The van der Waals surface area contributed by atoms with Crippen LogP contribution in [0.1, 0.15) is 33.3 Å². The molecule has 0 heterocycles. The van der Waals surface area contributed by atoms with Crippen LogP contribution in [0.25, 0.3) is 0 Å². The molecule has 1 unspecified atom stereocenters. The number of carbonyl (C=O) groups excluding carboxylic acids is 1. The van der Waals surface area contributed by atoms with Gasteiger partial charge in [0.1, 0.15) is 0 Å². The van der Waals surface area contributed by atoms with Crippen molar-refractivity contribution in [2.75, 3.05) is 0 Å². The second kappa shape index (κ2) is 6.24. The van der Waals surface area contributed by atoms with Crippen molar-refractivity contribution in [1.82, 2.24) is 10.0 Å². The number of nitrogens with zero attached hydrogens (tertiary/aromatic N) is 1. The third-order valence-corrected chi connectivity index (χ3v) is 4.04. The van der Waals surface area contributed by atoms with E-state index in [1.54, 1.807) is 0 Å². The first-order valence-electron chi connectivity index (χ1n) is 6.40. The normalized spacial score (nSPS) is 13.3. The zero-order valence-corrected chi connectivity index (χ0v) is 13.3. The molecule has 1 aromatic rings. The molecule has 0 aromatic heterocycles. The molecule has 0 saturated heterocycles. The van der Waals surface area contributed by atoms with E-state index in [2.05, 4.69) is 10.0 Å². The Labute approximate surface area is 125 Å². The summed E-state index contributed by atoms with van der Waals surface area (Å²) in [5.74, 6) is -0.414. The molecule has 1 aromatic carbocycles. The number of sulfonamides is 1. The summed E-state index contributed by atoms with van der Waals surface area (Å²) >= 11 is 0. The van der Waals surface area contributed by atoms with Gasteiger partial charge in [-0.05, 0) is 45.9 Å². The van der Waals surface area contributed by atoms with Crippen LogP contribution < -0.4 is 10.0 Å². The Morgan fingerprint density at radius 1 is 1.33 bits per heavy atom. The average molecular weight is 309 g/mol. The van der Waals surface area contributed by atoms with E-state index < -0.39 is 27.5 Å². The summed E-state index contributed by atoms with van der Waals surface area (Å²) in [6.07, 6.45) is 0. The highest BCUT2D eigenvalue weighted by Crippen LogP contribution is 2.11. The minimum atomic E-state index is -3.85. The lowest BCUT2D eigenvalue weighted by Gasteiger charge is -2.23. The van der Waals surface area contributed by atoms with Crippen molar-refractivity contribution in [3.63, 3.8) is 0 Å². The Bertz CT molecular complexity index is 669. The van der Waals surface area contributed by atoms with Crippen molar-refractivity contribution < 1.29 is 13.2 Å². The highest BCUT2D eigenvalue weighted by Gasteiger charge is 2.24. The summed E-state index contributed by atoms with van der Waals surface area (Å²) in [6, 6.07) is 6.58. The molecule has 6 nitrogen and oxygen atoms in total. The first kappa shape index (κ1) is 17.1. The molecule has 1 amide bonds. The summed E-state index contributed by atoms with van der Waals surface area (Å²) in [5, 5.41) is 11.5. The molecule has 0 fully saturated rings. The Morgan fingerprint density at radius 2 is 1.95 bits per heavy atom. The summed E-state index contributed by atoms with van der Waals surface area (Å²) < 4.78 is 26.7. The first-order chi connectivity index (χ1) is 9.55. The predicted molar refractivity (Wildman–Crippen MR) is 78.8 cm³/mol. The van der Waals surface area contributed by atoms with Crippen LogP contribution in [0, 0.1) is 11.3 Å². The molecular formula is C14H19N3O3S. The second-order valence-corrected chi connectivity index (χ2v) is 7.44. The zero-order chi connectivity index (χ0) is 16.3. The Morgan fingerprint density at radius 3 is 2.48 bits per heavy atom. The van der Waals surface area contributed by atoms with E-state index in [0.29, 0.717) is 0 Å². The van der Waals surface area contributed by atoms with Gasteiger partial charge in [-0.15, -0.1) is 0 Å². The number of nitrogens with one attached hydrogen (secondary N) is 2. The largest absolute Gasteiger partial charge is 0.350 e. The summed E-state index contributed by atoms with van der Waals surface area (Å²) in [5.41, 5.74) is -0.206. The van der Waals surface area contributed by atoms with E-state index >= 15 is 0 Å². The lowest BCUT2D eigenvalue weighted by atomic mass is 10.1. The number of rotatable bonds is 4. The van der Waals surface area contributed by atoms with Crippen LogP contribution in [0.3, 0.4) is 0 Å². The monoisotopic (exact) mass is 309 g/mol. The van der Waals surface area contributed by atoms with Gasteiger partial charge in [-0.3, -0.25) is 4.79 Å². The van der Waals surface area contributed by atoms with Gasteiger partial charge >= 0.3 is 0 Å². The van der Waals surface area contributed by atoms with Crippen LogP contribution in [-0.4, -0.2) is 25.9 Å². The van der Waals surface area contributed by atoms with Crippen LogP contribution >= 0.6 is 0 Å². The van der Waals surface area contributed by atoms with E-state index in [1.807, 2.05) is 26.8 Å². The van der Waals surface area contributed by atoms with Crippen molar-refractivity contribution in [3.05, 3.63) is 29.8 Å². The standard InChI is InChI=1S/C14H19N3O3S/c1-10(13(18)16-14(2,3)4)17-21(19,20)12-7-5-6-11(8-12)9-15/h5-8,10,17H,1-4H3,(H,16,18). The smallest absolute Gasteiger partial charge is 0.241 e. The Kier molecular flexibility index (Phi) is 5.10. The lowest BCUT2D eigenvalue weighted by Crippen LogP contribution is -2.50. The van der Waals surface area contributed by atoms with Gasteiger partial charge in [0, 0.05) is 5.54 Å². The minimum Gasteiger partial charge on any atom is -0.350 e. The van der Waals surface area contributed by atoms with Crippen molar-refractivity contribution in [2.45, 2.75) is 44.2 Å². The van der Waals surface area contributed by atoms with E-state index in [1.165, 1.54) is 31.2 Å². The van der Waals surface area contributed by atoms with Crippen molar-refractivity contribution >= 4 is 15.9 Å². The average Bonchev–Trinajstić information content (AvgIpc) is 2.36. The van der Waals surface area contributed by atoms with Gasteiger partial charge in [-0.2, -0.15) is 9.98 Å². The number of hydrogen-bond acceptors (Lipinski definition) is 4. The van der Waals surface area contributed by atoms with Crippen LogP contribution in [0.15, 0.2) is 29.2 Å². The minimum absolute atomic E-state index is 0.0445. The molecule has 114 valence electrons. The summed E-state index contributed by atoms with van der Waals surface area (Å²) in [7, 11) is -3.85. The van der Waals surface area contributed by atoms with Crippen molar-refractivity contribution in [2.24, 2.45) is 0 Å². The van der Waals surface area contributed by atoms with Gasteiger partial charge in [0.05, 0.1) is 22.6 Å². The molecule has 0 aliphatic heterocycles. The van der Waals surface area contributed by atoms with Crippen LogP contribution in [0.4, 0.5) is 0 Å². The van der Waals surface area contributed by atoms with Crippen molar-refractivity contribution in [3.8, 4) is 6.07 Å². The molecule has 0 radical (unpaired) electrons. The molecule has 0 bridgehead atoms. The van der Waals surface area contributed by atoms with Gasteiger partial charge in [-0.25, -0.2) is 8.42 Å². The van der Waals surface area contributed by atoms with Gasteiger partial charge in [0.25, 0.3) is 0 Å². The van der Waals surface area contributed by atoms with Gasteiger partial charge in [-0.1, -0.05) is 6.07 Å². The fraction of sp³-hybridized carbons (Fsp3) is 0.429. The Hall–Kier alpha value is -1.91. The highest BCUT2D eigenvalue weighted by atomic mass is 32.2. The molecule has 0 spiro atoms. The summed E-state index contributed by atoms with van der Waals surface area (Å²) in [4.78, 5) is 11.9. The molecule has 0 aliphatic carbocycles. The molecule has 21 heavy (non-hydrogen) atoms. The van der Waals surface area contributed by atoms with Gasteiger partial charge in [0.2, 0.25) is 15.9 Å². The summed E-state index contributed by atoms with van der Waals surface area (Å²) in [6.45, 7) is 6.89. The quantitative estimate of drug-likeness (QED) is 0.871. The topological polar surface area (TPSA) is 99.1 Å². The van der Waals surface area contributed by atoms with E-state index in [4.69, 9.17) is 5.26 Å². The zero-order valence-electron chi connectivity index (χ0n) is 12.5.